The molecule has 0 atom stereocenters. The summed E-state index contributed by atoms with van der Waals surface area (Å²) in [5.74, 6) is -14.8. The number of rotatable bonds is 2. The number of carbonyl (C=O) groups is 2. The van der Waals surface area contributed by atoms with Crippen molar-refractivity contribution in [2.75, 3.05) is 13.1 Å². The average molecular weight is 295 g/mol. The van der Waals surface area contributed by atoms with Crippen molar-refractivity contribution in [2.45, 2.75) is 0 Å². The first-order chi connectivity index (χ1) is 9.25. The van der Waals surface area contributed by atoms with E-state index in [1.54, 1.807) is 0 Å². The Morgan fingerprint density at radius 2 is 1.30 bits per heavy atom. The summed E-state index contributed by atoms with van der Waals surface area (Å²) < 4.78 is 65.3. The van der Waals surface area contributed by atoms with Crippen LogP contribution in [-0.4, -0.2) is 35.0 Å². The number of benzene rings is 1. The second-order valence-corrected chi connectivity index (χ2v) is 4.19. The number of halogens is 5. The highest BCUT2D eigenvalue weighted by atomic mass is 19.2. The van der Waals surface area contributed by atoms with Crippen molar-refractivity contribution in [1.82, 2.24) is 4.90 Å². The van der Waals surface area contributed by atoms with Crippen LogP contribution in [0.1, 0.15) is 10.4 Å². The van der Waals surface area contributed by atoms with Crippen LogP contribution in [0, 0.1) is 35.0 Å². The molecule has 0 spiro atoms. The smallest absolute Gasteiger partial charge is 0.310 e. The molecule has 0 bridgehead atoms. The highest BCUT2D eigenvalue weighted by Gasteiger charge is 2.39. The van der Waals surface area contributed by atoms with E-state index in [9.17, 15) is 31.5 Å². The van der Waals surface area contributed by atoms with Crippen molar-refractivity contribution in [2.24, 2.45) is 5.92 Å². The molecule has 1 aliphatic rings. The Labute approximate surface area is 108 Å². The number of aliphatic carboxylic acids is 1. The van der Waals surface area contributed by atoms with Gasteiger partial charge >= 0.3 is 5.97 Å². The fourth-order valence-corrected chi connectivity index (χ4v) is 1.75. The van der Waals surface area contributed by atoms with E-state index < -0.39 is 52.4 Å². The normalized spacial score (nSPS) is 15.2. The largest absolute Gasteiger partial charge is 0.481 e. The first-order valence-corrected chi connectivity index (χ1v) is 5.29. The van der Waals surface area contributed by atoms with Crippen LogP contribution in [-0.2, 0) is 4.79 Å². The van der Waals surface area contributed by atoms with Crippen LogP contribution >= 0.6 is 0 Å². The second-order valence-electron chi connectivity index (χ2n) is 4.19. The van der Waals surface area contributed by atoms with E-state index in [4.69, 9.17) is 5.11 Å². The molecule has 1 aliphatic heterocycles. The Morgan fingerprint density at radius 1 is 0.900 bits per heavy atom. The third-order valence-electron chi connectivity index (χ3n) is 2.94. The number of carboxylic acid groups (broad SMARTS) is 1. The van der Waals surface area contributed by atoms with E-state index in [1.165, 1.54) is 0 Å². The van der Waals surface area contributed by atoms with E-state index in [2.05, 4.69) is 0 Å². The minimum Gasteiger partial charge on any atom is -0.481 e. The van der Waals surface area contributed by atoms with Crippen molar-refractivity contribution in [1.29, 1.82) is 0 Å². The maximum Gasteiger partial charge on any atom is 0.310 e. The lowest BCUT2D eigenvalue weighted by molar-refractivity contribution is -0.146. The summed E-state index contributed by atoms with van der Waals surface area (Å²) in [6, 6.07) is 0. The summed E-state index contributed by atoms with van der Waals surface area (Å²) in [4.78, 5) is 22.9. The Morgan fingerprint density at radius 3 is 1.70 bits per heavy atom. The van der Waals surface area contributed by atoms with Gasteiger partial charge in [0.15, 0.2) is 23.3 Å². The molecule has 2 rings (SSSR count). The lowest BCUT2D eigenvalue weighted by Crippen LogP contribution is -2.53. The molecule has 1 amide bonds. The fraction of sp³-hybridized carbons (Fsp3) is 0.273. The van der Waals surface area contributed by atoms with Gasteiger partial charge in [0.25, 0.3) is 5.91 Å². The number of hydrogen-bond donors (Lipinski definition) is 1. The molecular formula is C11H6F5NO3. The lowest BCUT2D eigenvalue weighted by atomic mass is 9.98. The first kappa shape index (κ1) is 14.2. The molecule has 1 aromatic rings. The van der Waals surface area contributed by atoms with Gasteiger partial charge in [-0.05, 0) is 0 Å². The van der Waals surface area contributed by atoms with Crippen LogP contribution in [0.4, 0.5) is 22.0 Å². The summed E-state index contributed by atoms with van der Waals surface area (Å²) in [7, 11) is 0. The molecule has 9 heteroatoms. The number of nitrogens with zero attached hydrogens (tertiary/aromatic N) is 1. The van der Waals surface area contributed by atoms with Gasteiger partial charge in [0.05, 0.1) is 5.92 Å². The summed E-state index contributed by atoms with van der Waals surface area (Å²) >= 11 is 0. The molecule has 1 saturated heterocycles. The van der Waals surface area contributed by atoms with Gasteiger partial charge in [0.1, 0.15) is 5.56 Å². The molecule has 1 aromatic carbocycles. The van der Waals surface area contributed by atoms with Gasteiger partial charge in [0, 0.05) is 13.1 Å². The number of amides is 1. The molecular weight excluding hydrogens is 289 g/mol. The number of likely N-dealkylation sites (tertiary alicyclic amines) is 1. The summed E-state index contributed by atoms with van der Waals surface area (Å²) in [6.45, 7) is -0.707. The Kier molecular flexibility index (Phi) is 3.36. The lowest BCUT2D eigenvalue weighted by Gasteiger charge is -2.36. The summed E-state index contributed by atoms with van der Waals surface area (Å²) in [5, 5.41) is 8.58. The Balaban J connectivity index is 2.35. The number of carbonyl (C=O) groups excluding carboxylic acids is 1. The molecule has 1 N–H and O–H groups in total. The van der Waals surface area contributed by atoms with Gasteiger partial charge in [0.2, 0.25) is 5.82 Å². The maximum absolute atomic E-state index is 13.3. The zero-order chi connectivity index (χ0) is 15.2. The molecule has 20 heavy (non-hydrogen) atoms. The molecule has 0 aliphatic carbocycles. The standard InChI is InChI=1S/C11H6F5NO3/c12-5-4(6(13)8(15)9(16)7(5)14)10(18)17-1-3(2-17)11(19)20/h3H,1-2H2,(H,19,20). The number of carboxylic acids is 1. The van der Waals surface area contributed by atoms with Crippen LogP contribution in [0.2, 0.25) is 0 Å². The zero-order valence-corrected chi connectivity index (χ0v) is 9.59. The predicted molar refractivity (Wildman–Crippen MR) is 53.3 cm³/mol. The fourth-order valence-electron chi connectivity index (χ4n) is 1.75. The maximum atomic E-state index is 13.3. The van der Waals surface area contributed by atoms with Crippen LogP contribution in [0.5, 0.6) is 0 Å². The topological polar surface area (TPSA) is 57.6 Å². The highest BCUT2D eigenvalue weighted by molar-refractivity contribution is 5.96. The third-order valence-corrected chi connectivity index (χ3v) is 2.94. The van der Waals surface area contributed by atoms with Gasteiger partial charge in [-0.3, -0.25) is 9.59 Å². The minimum absolute atomic E-state index is 0.354. The third kappa shape index (κ3) is 1.98. The average Bonchev–Trinajstić information content (AvgIpc) is 2.32. The second kappa shape index (κ2) is 4.73. The summed E-state index contributed by atoms with van der Waals surface area (Å²) in [5.41, 5.74) is -1.58. The minimum atomic E-state index is -2.36. The molecule has 108 valence electrons. The van der Waals surface area contributed by atoms with Crippen LogP contribution in [0.25, 0.3) is 0 Å². The van der Waals surface area contributed by atoms with Gasteiger partial charge in [-0.2, -0.15) is 0 Å². The van der Waals surface area contributed by atoms with Crippen molar-refractivity contribution in [3.05, 3.63) is 34.6 Å². The van der Waals surface area contributed by atoms with E-state index >= 15 is 0 Å². The molecule has 4 nitrogen and oxygen atoms in total. The summed E-state index contributed by atoms with van der Waals surface area (Å²) in [6.07, 6.45) is 0. The van der Waals surface area contributed by atoms with Crippen LogP contribution < -0.4 is 0 Å². The highest BCUT2D eigenvalue weighted by Crippen LogP contribution is 2.26. The van der Waals surface area contributed by atoms with E-state index in [-0.39, 0.29) is 13.1 Å². The predicted octanol–water partition coefficient (Wildman–Crippen LogP) is 1.54. The van der Waals surface area contributed by atoms with Crippen LogP contribution in [0.3, 0.4) is 0 Å². The van der Waals surface area contributed by atoms with Crippen LogP contribution in [0.15, 0.2) is 0 Å². The molecule has 0 saturated carbocycles. The molecule has 0 unspecified atom stereocenters. The van der Waals surface area contributed by atoms with Crippen molar-refractivity contribution in [3.8, 4) is 0 Å². The molecule has 1 heterocycles. The quantitative estimate of drug-likeness (QED) is 0.511. The zero-order valence-electron chi connectivity index (χ0n) is 9.59. The van der Waals surface area contributed by atoms with Crippen molar-refractivity contribution >= 4 is 11.9 Å². The van der Waals surface area contributed by atoms with Crippen molar-refractivity contribution < 1.29 is 36.6 Å². The van der Waals surface area contributed by atoms with E-state index in [0.29, 0.717) is 4.90 Å². The van der Waals surface area contributed by atoms with Gasteiger partial charge < -0.3 is 10.0 Å². The molecule has 0 radical (unpaired) electrons. The van der Waals surface area contributed by atoms with Gasteiger partial charge in [-0.1, -0.05) is 0 Å². The van der Waals surface area contributed by atoms with Gasteiger partial charge in [-0.25, -0.2) is 22.0 Å². The Bertz CT molecular complexity index is 584. The van der Waals surface area contributed by atoms with E-state index in [0.717, 1.165) is 0 Å². The molecule has 0 aromatic heterocycles. The van der Waals surface area contributed by atoms with Crippen molar-refractivity contribution in [3.63, 3.8) is 0 Å². The monoisotopic (exact) mass is 295 g/mol. The SMILES string of the molecule is O=C(O)C1CN(C(=O)c2c(F)c(F)c(F)c(F)c2F)C1. The molecule has 1 fully saturated rings. The van der Waals surface area contributed by atoms with E-state index in [1.807, 2.05) is 0 Å². The first-order valence-electron chi connectivity index (χ1n) is 5.29. The van der Waals surface area contributed by atoms with Gasteiger partial charge in [-0.15, -0.1) is 0 Å². The number of hydrogen-bond acceptors (Lipinski definition) is 2. The Hall–Kier alpha value is -2.19.